The highest BCUT2D eigenvalue weighted by Crippen LogP contribution is 2.61. The SMILES string of the molecule is COc1cc2c(cc1Nc1ccc(Cl)cc1)CC1C[C@H]3CCCC[C@@]23C1. The van der Waals surface area contributed by atoms with E-state index in [1.807, 2.05) is 24.3 Å². The first-order valence-corrected chi connectivity index (χ1v) is 10.3. The van der Waals surface area contributed by atoms with E-state index in [0.29, 0.717) is 5.41 Å². The quantitative estimate of drug-likeness (QED) is 0.669. The molecule has 0 aromatic heterocycles. The molecule has 0 radical (unpaired) electrons. The van der Waals surface area contributed by atoms with E-state index in [-0.39, 0.29) is 0 Å². The van der Waals surface area contributed by atoms with Crippen molar-refractivity contribution in [1.29, 1.82) is 0 Å². The minimum Gasteiger partial charge on any atom is -0.495 e. The smallest absolute Gasteiger partial charge is 0.142 e. The number of fused-ring (bicyclic) bond motifs is 2. The average molecular weight is 368 g/mol. The molecule has 2 fully saturated rings. The Hall–Kier alpha value is -1.67. The Morgan fingerprint density at radius 3 is 2.81 bits per heavy atom. The van der Waals surface area contributed by atoms with E-state index in [1.165, 1.54) is 44.9 Å². The maximum atomic E-state index is 6.02. The number of nitrogens with one attached hydrogen (secondary N) is 1. The van der Waals surface area contributed by atoms with Gasteiger partial charge in [-0.1, -0.05) is 24.4 Å². The van der Waals surface area contributed by atoms with Gasteiger partial charge in [-0.15, -0.1) is 0 Å². The molecule has 26 heavy (non-hydrogen) atoms. The fourth-order valence-corrected chi connectivity index (χ4v) is 6.19. The second-order valence-corrected chi connectivity index (χ2v) is 8.89. The molecule has 0 saturated heterocycles. The summed E-state index contributed by atoms with van der Waals surface area (Å²) in [6, 6.07) is 12.6. The van der Waals surface area contributed by atoms with Crippen LogP contribution in [-0.4, -0.2) is 7.11 Å². The Bertz CT molecular complexity index is 831. The van der Waals surface area contributed by atoms with Crippen molar-refractivity contribution in [2.45, 2.75) is 50.4 Å². The lowest BCUT2D eigenvalue weighted by Crippen LogP contribution is -2.36. The second kappa shape index (κ2) is 6.20. The summed E-state index contributed by atoms with van der Waals surface area (Å²) in [6.45, 7) is 0. The predicted molar refractivity (Wildman–Crippen MR) is 108 cm³/mol. The first kappa shape index (κ1) is 16.5. The summed E-state index contributed by atoms with van der Waals surface area (Å²) in [5, 5.41) is 4.29. The molecule has 5 rings (SSSR count). The molecule has 1 unspecified atom stereocenters. The van der Waals surface area contributed by atoms with Gasteiger partial charge in [0.2, 0.25) is 0 Å². The molecule has 3 atom stereocenters. The van der Waals surface area contributed by atoms with E-state index < -0.39 is 0 Å². The summed E-state index contributed by atoms with van der Waals surface area (Å²) in [6.07, 6.45) is 9.65. The number of halogens is 1. The fraction of sp³-hybridized carbons (Fsp3) is 0.478. The summed E-state index contributed by atoms with van der Waals surface area (Å²) in [5.74, 6) is 2.73. The van der Waals surface area contributed by atoms with Crippen LogP contribution in [-0.2, 0) is 11.8 Å². The molecule has 1 spiro atoms. The van der Waals surface area contributed by atoms with Crippen molar-refractivity contribution in [1.82, 2.24) is 0 Å². The highest BCUT2D eigenvalue weighted by molar-refractivity contribution is 6.30. The Kier molecular flexibility index (Phi) is 3.93. The van der Waals surface area contributed by atoms with Crippen molar-refractivity contribution in [2.24, 2.45) is 11.8 Å². The lowest BCUT2D eigenvalue weighted by atomic mass is 9.61. The van der Waals surface area contributed by atoms with Gasteiger partial charge in [-0.3, -0.25) is 0 Å². The Labute approximate surface area is 160 Å². The molecular formula is C23H26ClNO. The van der Waals surface area contributed by atoms with Crippen molar-refractivity contribution in [3.05, 3.63) is 52.5 Å². The van der Waals surface area contributed by atoms with E-state index >= 15 is 0 Å². The monoisotopic (exact) mass is 367 g/mol. The van der Waals surface area contributed by atoms with Crippen LogP contribution in [0, 0.1) is 11.8 Å². The van der Waals surface area contributed by atoms with Gasteiger partial charge in [-0.25, -0.2) is 0 Å². The van der Waals surface area contributed by atoms with Gasteiger partial charge in [-0.2, -0.15) is 0 Å². The minimum atomic E-state index is 0.433. The fourth-order valence-electron chi connectivity index (χ4n) is 6.07. The van der Waals surface area contributed by atoms with Crippen molar-refractivity contribution in [3.8, 4) is 5.75 Å². The largest absolute Gasteiger partial charge is 0.495 e. The number of rotatable bonds is 3. The molecular weight excluding hydrogens is 342 g/mol. The average Bonchev–Trinajstić information content (AvgIpc) is 2.96. The number of ether oxygens (including phenoxy) is 1. The molecule has 0 heterocycles. The molecule has 3 aliphatic rings. The molecule has 2 aromatic carbocycles. The molecule has 2 aromatic rings. The van der Waals surface area contributed by atoms with Crippen LogP contribution in [0.5, 0.6) is 5.75 Å². The lowest BCUT2D eigenvalue weighted by Gasteiger charge is -2.43. The molecule has 3 aliphatic carbocycles. The summed E-state index contributed by atoms with van der Waals surface area (Å²) in [5.41, 5.74) is 5.68. The van der Waals surface area contributed by atoms with Crippen LogP contribution in [0.2, 0.25) is 5.02 Å². The number of hydrogen-bond donors (Lipinski definition) is 1. The summed E-state index contributed by atoms with van der Waals surface area (Å²) >= 11 is 6.02. The first-order valence-electron chi connectivity index (χ1n) is 9.92. The van der Waals surface area contributed by atoms with Gasteiger partial charge in [0.25, 0.3) is 0 Å². The lowest BCUT2D eigenvalue weighted by molar-refractivity contribution is 0.216. The van der Waals surface area contributed by atoms with E-state index in [2.05, 4.69) is 17.4 Å². The van der Waals surface area contributed by atoms with Crippen LogP contribution in [0.1, 0.15) is 49.7 Å². The Morgan fingerprint density at radius 2 is 2.00 bits per heavy atom. The molecule has 0 amide bonds. The van der Waals surface area contributed by atoms with Crippen LogP contribution in [0.3, 0.4) is 0 Å². The number of benzene rings is 2. The zero-order valence-electron chi connectivity index (χ0n) is 15.4. The highest BCUT2D eigenvalue weighted by Gasteiger charge is 2.52. The standard InChI is InChI=1S/C23H26ClNO/c1-26-22-13-20-16(12-21(22)25-19-7-5-18(24)6-8-19)10-15-11-17-4-2-3-9-23(17,20)14-15/h5-8,12-13,15,17,25H,2-4,9-11,14H2,1H3/t15?,17-,23+/m1/s1. The van der Waals surface area contributed by atoms with Crippen LogP contribution in [0.25, 0.3) is 0 Å². The number of anilines is 2. The normalized spacial score (nSPS) is 29.0. The first-order chi connectivity index (χ1) is 12.7. The van der Waals surface area contributed by atoms with Gasteiger partial charge in [0.15, 0.2) is 0 Å². The van der Waals surface area contributed by atoms with E-state index in [1.54, 1.807) is 18.2 Å². The summed E-state index contributed by atoms with van der Waals surface area (Å²) in [7, 11) is 1.78. The topological polar surface area (TPSA) is 21.3 Å². The van der Waals surface area contributed by atoms with E-state index in [4.69, 9.17) is 16.3 Å². The Balaban J connectivity index is 1.56. The maximum Gasteiger partial charge on any atom is 0.142 e. The molecule has 136 valence electrons. The number of methoxy groups -OCH3 is 1. The van der Waals surface area contributed by atoms with Crippen molar-refractivity contribution in [2.75, 3.05) is 12.4 Å². The molecule has 2 nitrogen and oxygen atoms in total. The zero-order chi connectivity index (χ0) is 17.7. The van der Waals surface area contributed by atoms with Gasteiger partial charge in [-0.05, 0) is 96.9 Å². The third-order valence-electron chi connectivity index (χ3n) is 7.07. The zero-order valence-corrected chi connectivity index (χ0v) is 16.1. The highest BCUT2D eigenvalue weighted by atomic mass is 35.5. The van der Waals surface area contributed by atoms with Gasteiger partial charge in [0, 0.05) is 10.7 Å². The predicted octanol–water partition coefficient (Wildman–Crippen LogP) is 6.49. The molecule has 2 bridgehead atoms. The van der Waals surface area contributed by atoms with E-state index in [0.717, 1.165) is 34.0 Å². The van der Waals surface area contributed by atoms with Crippen LogP contribution in [0.4, 0.5) is 11.4 Å². The second-order valence-electron chi connectivity index (χ2n) is 8.45. The van der Waals surface area contributed by atoms with Gasteiger partial charge < -0.3 is 10.1 Å². The molecule has 1 N–H and O–H groups in total. The summed E-state index contributed by atoms with van der Waals surface area (Å²) in [4.78, 5) is 0. The molecule has 3 heteroatoms. The van der Waals surface area contributed by atoms with Crippen LogP contribution >= 0.6 is 11.6 Å². The van der Waals surface area contributed by atoms with Gasteiger partial charge in [0.05, 0.1) is 12.8 Å². The van der Waals surface area contributed by atoms with Gasteiger partial charge >= 0.3 is 0 Å². The Morgan fingerprint density at radius 1 is 1.15 bits per heavy atom. The van der Waals surface area contributed by atoms with Crippen molar-refractivity contribution >= 4 is 23.0 Å². The van der Waals surface area contributed by atoms with E-state index in [9.17, 15) is 0 Å². The third kappa shape index (κ3) is 2.53. The minimum absolute atomic E-state index is 0.433. The van der Waals surface area contributed by atoms with Crippen molar-refractivity contribution in [3.63, 3.8) is 0 Å². The third-order valence-corrected chi connectivity index (χ3v) is 7.32. The van der Waals surface area contributed by atoms with Crippen LogP contribution in [0.15, 0.2) is 36.4 Å². The maximum absolute atomic E-state index is 6.02. The summed E-state index contributed by atoms with van der Waals surface area (Å²) < 4.78 is 5.80. The van der Waals surface area contributed by atoms with Gasteiger partial charge in [0.1, 0.15) is 5.75 Å². The van der Waals surface area contributed by atoms with Crippen LogP contribution < -0.4 is 10.1 Å². The molecule has 0 aliphatic heterocycles. The molecule has 2 saturated carbocycles. The van der Waals surface area contributed by atoms with Crippen molar-refractivity contribution < 1.29 is 4.74 Å². The number of hydrogen-bond acceptors (Lipinski definition) is 2.